The van der Waals surface area contributed by atoms with E-state index in [-0.39, 0.29) is 12.5 Å². The summed E-state index contributed by atoms with van der Waals surface area (Å²) in [5.74, 6) is -0.172. The molecule has 1 aromatic heterocycles. The average Bonchev–Trinajstić information content (AvgIpc) is 2.77. The molecule has 1 unspecified atom stereocenters. The van der Waals surface area contributed by atoms with Gasteiger partial charge in [-0.1, -0.05) is 0 Å². The summed E-state index contributed by atoms with van der Waals surface area (Å²) in [6.07, 6.45) is 0. The van der Waals surface area contributed by atoms with Crippen molar-refractivity contribution in [3.8, 4) is 0 Å². The molecular weight excluding hydrogens is 286 g/mol. The number of aliphatic hydroxyl groups is 1. The molecule has 0 bridgehead atoms. The fourth-order valence-electron chi connectivity index (χ4n) is 2.27. The molecule has 6 heteroatoms. The Kier molecular flexibility index (Phi) is 4.51. The minimum atomic E-state index is -0.958. The molecule has 1 heterocycles. The van der Waals surface area contributed by atoms with Gasteiger partial charge in [0.25, 0.3) is 5.91 Å². The van der Waals surface area contributed by atoms with Crippen LogP contribution >= 0.6 is 11.3 Å². The quantitative estimate of drug-likeness (QED) is 0.732. The number of thiophene rings is 1. The van der Waals surface area contributed by atoms with Crippen LogP contribution in [-0.4, -0.2) is 48.7 Å². The van der Waals surface area contributed by atoms with Gasteiger partial charge in [-0.3, -0.25) is 4.79 Å². The number of nitrogens with one attached hydrogen (secondary N) is 1. The van der Waals surface area contributed by atoms with Crippen LogP contribution in [-0.2, 0) is 0 Å². The fourth-order valence-corrected chi connectivity index (χ4v) is 3.23. The third-order valence-electron chi connectivity index (χ3n) is 3.05. The van der Waals surface area contributed by atoms with Crippen molar-refractivity contribution >= 4 is 33.0 Å². The van der Waals surface area contributed by atoms with Crippen molar-refractivity contribution < 1.29 is 9.90 Å². The number of benzene rings is 1. The van der Waals surface area contributed by atoms with Gasteiger partial charge in [0.2, 0.25) is 0 Å². The summed E-state index contributed by atoms with van der Waals surface area (Å²) >= 11 is 1.42. The minimum absolute atomic E-state index is 0.172. The Labute approximate surface area is 128 Å². The molecule has 2 aromatic rings. The molecule has 114 valence electrons. The third-order valence-corrected chi connectivity index (χ3v) is 4.17. The van der Waals surface area contributed by atoms with Crippen LogP contribution in [0.1, 0.15) is 16.6 Å². The molecule has 2 rings (SSSR count). The van der Waals surface area contributed by atoms with Crippen molar-refractivity contribution in [2.75, 3.05) is 32.9 Å². The molecule has 4 N–H and O–H groups in total. The van der Waals surface area contributed by atoms with Crippen LogP contribution in [0.3, 0.4) is 0 Å². The maximum absolute atomic E-state index is 12.2. The Morgan fingerprint density at radius 2 is 2.14 bits per heavy atom. The van der Waals surface area contributed by atoms with Gasteiger partial charge in [0, 0.05) is 23.5 Å². The highest BCUT2D eigenvalue weighted by atomic mass is 32.1. The number of nitrogen functional groups attached to an aromatic ring is 1. The zero-order valence-corrected chi connectivity index (χ0v) is 13.3. The van der Waals surface area contributed by atoms with Crippen LogP contribution in [0.15, 0.2) is 24.3 Å². The van der Waals surface area contributed by atoms with Crippen molar-refractivity contribution in [3.63, 3.8) is 0 Å². The maximum Gasteiger partial charge on any atom is 0.261 e. The van der Waals surface area contributed by atoms with Crippen molar-refractivity contribution in [3.05, 3.63) is 29.1 Å². The minimum Gasteiger partial charge on any atom is -0.399 e. The van der Waals surface area contributed by atoms with Gasteiger partial charge in [0.1, 0.15) is 0 Å². The highest BCUT2D eigenvalue weighted by Gasteiger charge is 2.22. The first kappa shape index (κ1) is 15.8. The van der Waals surface area contributed by atoms with E-state index in [1.807, 2.05) is 43.3 Å². The first-order chi connectivity index (χ1) is 9.77. The number of hydrogen-bond donors (Lipinski definition) is 3. The maximum atomic E-state index is 12.2. The van der Waals surface area contributed by atoms with Crippen LogP contribution in [0.5, 0.6) is 0 Å². The predicted molar refractivity (Wildman–Crippen MR) is 87.7 cm³/mol. The molecule has 1 amide bonds. The molecule has 1 atom stereocenters. The highest BCUT2D eigenvalue weighted by molar-refractivity contribution is 7.20. The third kappa shape index (κ3) is 4.17. The zero-order chi connectivity index (χ0) is 15.6. The van der Waals surface area contributed by atoms with Crippen molar-refractivity contribution in [1.82, 2.24) is 10.2 Å². The zero-order valence-electron chi connectivity index (χ0n) is 12.5. The number of anilines is 1. The van der Waals surface area contributed by atoms with Gasteiger partial charge in [-0.2, -0.15) is 0 Å². The number of fused-ring (bicyclic) bond motifs is 1. The predicted octanol–water partition coefficient (Wildman–Crippen LogP) is 1.53. The van der Waals surface area contributed by atoms with E-state index in [1.54, 1.807) is 6.92 Å². The monoisotopic (exact) mass is 307 g/mol. The molecule has 0 aliphatic heterocycles. The second-order valence-corrected chi connectivity index (χ2v) is 6.91. The first-order valence-corrected chi connectivity index (χ1v) is 7.53. The Morgan fingerprint density at radius 1 is 1.43 bits per heavy atom. The van der Waals surface area contributed by atoms with Gasteiger partial charge in [-0.05, 0) is 50.7 Å². The lowest BCUT2D eigenvalue weighted by Gasteiger charge is -2.26. The largest absolute Gasteiger partial charge is 0.399 e. The SMILES string of the molecule is CN(C)CC(C)(O)CNC(=O)c1cc2cc(N)ccc2s1. The van der Waals surface area contributed by atoms with Crippen LogP contribution in [0.4, 0.5) is 5.69 Å². The number of likely N-dealkylation sites (N-methyl/N-ethyl adjacent to an activating group) is 1. The first-order valence-electron chi connectivity index (χ1n) is 6.71. The van der Waals surface area contributed by atoms with Gasteiger partial charge in [-0.25, -0.2) is 0 Å². The van der Waals surface area contributed by atoms with E-state index < -0.39 is 5.60 Å². The van der Waals surface area contributed by atoms with Crippen molar-refractivity contribution in [2.45, 2.75) is 12.5 Å². The average molecular weight is 307 g/mol. The van der Waals surface area contributed by atoms with Crippen molar-refractivity contribution in [2.24, 2.45) is 0 Å². The summed E-state index contributed by atoms with van der Waals surface area (Å²) in [5, 5.41) is 13.9. The molecule has 0 saturated heterocycles. The summed E-state index contributed by atoms with van der Waals surface area (Å²) in [5.41, 5.74) is 5.46. The van der Waals surface area contributed by atoms with Gasteiger partial charge >= 0.3 is 0 Å². The Hall–Kier alpha value is -1.63. The van der Waals surface area contributed by atoms with E-state index >= 15 is 0 Å². The molecule has 0 radical (unpaired) electrons. The summed E-state index contributed by atoms with van der Waals surface area (Å²) in [6, 6.07) is 7.41. The molecule has 21 heavy (non-hydrogen) atoms. The van der Waals surface area contributed by atoms with Crippen LogP contribution in [0.25, 0.3) is 10.1 Å². The van der Waals surface area contributed by atoms with Crippen LogP contribution in [0, 0.1) is 0 Å². The normalized spacial score (nSPS) is 14.3. The van der Waals surface area contributed by atoms with Gasteiger partial charge < -0.3 is 21.1 Å². The second kappa shape index (κ2) is 6.01. The molecule has 0 aliphatic carbocycles. The smallest absolute Gasteiger partial charge is 0.261 e. The number of rotatable bonds is 5. The number of carbonyl (C=O) groups is 1. The standard InChI is InChI=1S/C15H21N3O2S/c1-15(20,9-18(2)3)8-17-14(19)13-7-10-6-11(16)4-5-12(10)21-13/h4-7,20H,8-9,16H2,1-3H3,(H,17,19). The van der Waals surface area contributed by atoms with Crippen LogP contribution < -0.4 is 11.1 Å². The van der Waals surface area contributed by atoms with E-state index in [0.29, 0.717) is 17.1 Å². The number of amides is 1. The van der Waals surface area contributed by atoms with Gasteiger partial charge in [-0.15, -0.1) is 11.3 Å². The van der Waals surface area contributed by atoms with Crippen molar-refractivity contribution in [1.29, 1.82) is 0 Å². The molecule has 5 nitrogen and oxygen atoms in total. The van der Waals surface area contributed by atoms with E-state index in [1.165, 1.54) is 11.3 Å². The summed E-state index contributed by atoms with van der Waals surface area (Å²) in [7, 11) is 3.76. The highest BCUT2D eigenvalue weighted by Crippen LogP contribution is 2.27. The molecular formula is C15H21N3O2S. The Balaban J connectivity index is 2.05. The molecule has 0 spiro atoms. The van der Waals surface area contributed by atoms with E-state index in [0.717, 1.165) is 10.1 Å². The number of hydrogen-bond acceptors (Lipinski definition) is 5. The number of nitrogens with two attached hydrogens (primary N) is 1. The lowest BCUT2D eigenvalue weighted by molar-refractivity contribution is 0.0326. The van der Waals surface area contributed by atoms with Crippen LogP contribution in [0.2, 0.25) is 0 Å². The Bertz CT molecular complexity index is 649. The van der Waals surface area contributed by atoms with E-state index in [4.69, 9.17) is 5.73 Å². The van der Waals surface area contributed by atoms with E-state index in [9.17, 15) is 9.90 Å². The van der Waals surface area contributed by atoms with Gasteiger partial charge in [0.15, 0.2) is 0 Å². The topological polar surface area (TPSA) is 78.6 Å². The Morgan fingerprint density at radius 3 is 2.81 bits per heavy atom. The lowest BCUT2D eigenvalue weighted by atomic mass is 10.1. The molecule has 0 saturated carbocycles. The van der Waals surface area contributed by atoms with E-state index in [2.05, 4.69) is 5.32 Å². The molecule has 1 aromatic carbocycles. The number of nitrogens with zero attached hydrogens (tertiary/aromatic N) is 1. The number of carbonyl (C=O) groups excluding carboxylic acids is 1. The van der Waals surface area contributed by atoms with Gasteiger partial charge in [0.05, 0.1) is 10.5 Å². The second-order valence-electron chi connectivity index (χ2n) is 5.83. The lowest BCUT2D eigenvalue weighted by Crippen LogP contribution is -2.47. The molecule has 0 fully saturated rings. The summed E-state index contributed by atoms with van der Waals surface area (Å²) < 4.78 is 1.02. The summed E-state index contributed by atoms with van der Waals surface area (Å²) in [6.45, 7) is 2.40. The molecule has 0 aliphatic rings. The summed E-state index contributed by atoms with van der Waals surface area (Å²) in [4.78, 5) is 14.7. The fraction of sp³-hybridized carbons (Fsp3) is 0.400.